The fourth-order valence-corrected chi connectivity index (χ4v) is 4.69. The van der Waals surface area contributed by atoms with Crippen molar-refractivity contribution >= 4 is 11.9 Å². The Hall–Kier alpha value is -1.77. The van der Waals surface area contributed by atoms with Crippen LogP contribution in [-0.4, -0.2) is 18.0 Å². The quantitative estimate of drug-likeness (QED) is 0.760. The Balaban J connectivity index is 2.16. The van der Waals surface area contributed by atoms with Crippen LogP contribution in [0.1, 0.15) is 65.5 Å². The maximum atomic E-state index is 13.1. The van der Waals surface area contributed by atoms with Crippen molar-refractivity contribution in [1.29, 1.82) is 0 Å². The Bertz CT molecular complexity index is 764. The molecular weight excluding hydrogens is 312 g/mol. The first-order valence-electron chi connectivity index (χ1n) is 9.11. The Morgan fingerprint density at radius 2 is 1.88 bits per heavy atom. The van der Waals surface area contributed by atoms with Gasteiger partial charge in [0, 0.05) is 22.1 Å². The van der Waals surface area contributed by atoms with Crippen molar-refractivity contribution in [3.8, 4) is 11.5 Å². The molecule has 136 valence electrons. The summed E-state index contributed by atoms with van der Waals surface area (Å²) in [5.74, 6) is 1.46. The summed E-state index contributed by atoms with van der Waals surface area (Å²) in [5.41, 5.74) is 1.85. The zero-order valence-corrected chi connectivity index (χ0v) is 16.5. The van der Waals surface area contributed by atoms with Crippen LogP contribution in [0.3, 0.4) is 0 Å². The maximum Gasteiger partial charge on any atom is 0.165 e. The zero-order valence-electron chi connectivity index (χ0n) is 16.5. The van der Waals surface area contributed by atoms with Crippen molar-refractivity contribution in [3.63, 3.8) is 0 Å². The minimum atomic E-state index is -0.287. The summed E-state index contributed by atoms with van der Waals surface area (Å²) in [6.45, 7) is 12.7. The van der Waals surface area contributed by atoms with Gasteiger partial charge in [0.05, 0.1) is 7.11 Å². The lowest BCUT2D eigenvalue weighted by molar-refractivity contribution is -0.125. The monoisotopic (exact) mass is 342 g/mol. The van der Waals surface area contributed by atoms with Crippen LogP contribution in [0.25, 0.3) is 6.08 Å². The second-order valence-electron chi connectivity index (χ2n) is 9.44. The second-order valence-corrected chi connectivity index (χ2v) is 9.44. The van der Waals surface area contributed by atoms with Crippen LogP contribution in [-0.2, 0) is 10.2 Å². The number of fused-ring (bicyclic) bond motifs is 2. The number of ketones is 1. The minimum absolute atomic E-state index is 0.0305. The number of methoxy groups -OCH3 is 1. The van der Waals surface area contributed by atoms with E-state index in [4.69, 9.17) is 4.74 Å². The van der Waals surface area contributed by atoms with Gasteiger partial charge in [0.2, 0.25) is 0 Å². The number of hydrogen-bond acceptors (Lipinski definition) is 3. The third-order valence-corrected chi connectivity index (χ3v) is 6.83. The van der Waals surface area contributed by atoms with Crippen LogP contribution in [0, 0.1) is 16.7 Å². The Morgan fingerprint density at radius 3 is 2.36 bits per heavy atom. The summed E-state index contributed by atoms with van der Waals surface area (Å²) in [5, 5.41) is 10.8. The smallest absolute Gasteiger partial charge is 0.165 e. The Morgan fingerprint density at radius 1 is 1.24 bits per heavy atom. The highest BCUT2D eigenvalue weighted by Crippen LogP contribution is 2.65. The van der Waals surface area contributed by atoms with Crippen molar-refractivity contribution in [2.75, 3.05) is 7.11 Å². The van der Waals surface area contributed by atoms with Crippen molar-refractivity contribution in [1.82, 2.24) is 0 Å². The number of phenols is 1. The van der Waals surface area contributed by atoms with Crippen LogP contribution in [0.15, 0.2) is 17.7 Å². The number of carbonyl (C=O) groups is 1. The number of Topliss-reactive ketones (excluding diaryl/α,β-unsaturated/α-hetero) is 1. The van der Waals surface area contributed by atoms with Crippen molar-refractivity contribution in [2.24, 2.45) is 16.7 Å². The summed E-state index contributed by atoms with van der Waals surface area (Å²) >= 11 is 0. The second kappa shape index (κ2) is 5.36. The summed E-state index contributed by atoms with van der Waals surface area (Å²) in [6, 6.07) is 3.71. The fourth-order valence-electron chi connectivity index (χ4n) is 4.69. The maximum absolute atomic E-state index is 13.1. The van der Waals surface area contributed by atoms with Gasteiger partial charge in [-0.3, -0.25) is 4.79 Å². The molecule has 3 heteroatoms. The van der Waals surface area contributed by atoms with Crippen molar-refractivity contribution in [2.45, 2.75) is 59.8 Å². The third-order valence-electron chi connectivity index (χ3n) is 6.83. The van der Waals surface area contributed by atoms with Crippen molar-refractivity contribution < 1.29 is 14.6 Å². The van der Waals surface area contributed by atoms with Crippen molar-refractivity contribution in [3.05, 3.63) is 28.8 Å². The van der Waals surface area contributed by atoms with E-state index in [0.717, 1.165) is 24.0 Å². The molecule has 0 spiro atoms. The predicted octanol–water partition coefficient (Wildman–Crippen LogP) is 5.11. The topological polar surface area (TPSA) is 46.5 Å². The van der Waals surface area contributed by atoms with E-state index in [-0.39, 0.29) is 33.7 Å². The van der Waals surface area contributed by atoms with E-state index in [1.807, 2.05) is 18.2 Å². The lowest BCUT2D eigenvalue weighted by Gasteiger charge is -2.31. The molecule has 0 heterocycles. The Labute approximate surface area is 151 Å². The number of benzene rings is 1. The number of carbonyl (C=O) groups excluding carboxylic acids is 1. The van der Waals surface area contributed by atoms with Gasteiger partial charge in [-0.1, -0.05) is 41.5 Å². The van der Waals surface area contributed by atoms with Crippen LogP contribution >= 0.6 is 0 Å². The number of phenolic OH excluding ortho intramolecular Hbond substituents is 1. The molecule has 2 saturated carbocycles. The number of aromatic hydroxyl groups is 1. The number of hydrogen-bond donors (Lipinski definition) is 1. The van der Waals surface area contributed by atoms with Crippen LogP contribution in [0.2, 0.25) is 0 Å². The van der Waals surface area contributed by atoms with E-state index >= 15 is 0 Å². The predicted molar refractivity (Wildman–Crippen MR) is 101 cm³/mol. The van der Waals surface area contributed by atoms with Crippen LogP contribution in [0.4, 0.5) is 0 Å². The van der Waals surface area contributed by atoms with Gasteiger partial charge in [0.15, 0.2) is 5.78 Å². The molecule has 2 atom stereocenters. The minimum Gasteiger partial charge on any atom is -0.507 e. The normalized spacial score (nSPS) is 29.5. The molecule has 1 N–H and O–H groups in total. The standard InChI is InChI=1S/C22H30O3/c1-20(2,3)17-12-14(25-7)10-13(18(17)23)11-15-16-8-9-22(6,19(15)24)21(16,4)5/h10-12,16,23H,8-9H2,1-7H3. The zero-order chi connectivity index (χ0) is 18.8. The van der Waals surface area contributed by atoms with Gasteiger partial charge in [-0.15, -0.1) is 0 Å². The van der Waals surface area contributed by atoms with Gasteiger partial charge < -0.3 is 9.84 Å². The van der Waals surface area contributed by atoms with Gasteiger partial charge >= 0.3 is 0 Å². The summed E-state index contributed by atoms with van der Waals surface area (Å²) in [7, 11) is 1.63. The molecule has 2 unspecified atom stereocenters. The molecule has 2 bridgehead atoms. The van der Waals surface area contributed by atoms with E-state index < -0.39 is 0 Å². The lowest BCUT2D eigenvalue weighted by Crippen LogP contribution is -2.32. The molecule has 2 aliphatic rings. The molecule has 0 aromatic heterocycles. The van der Waals surface area contributed by atoms with Crippen LogP contribution < -0.4 is 4.74 Å². The Kier molecular flexibility index (Phi) is 3.87. The summed E-state index contributed by atoms with van der Waals surface area (Å²) < 4.78 is 5.43. The first-order valence-corrected chi connectivity index (χ1v) is 9.11. The van der Waals surface area contributed by atoms with E-state index in [1.165, 1.54) is 0 Å². The molecule has 1 aromatic rings. The molecule has 2 aliphatic carbocycles. The average Bonchev–Trinajstić information content (AvgIpc) is 2.82. The molecule has 0 saturated heterocycles. The summed E-state index contributed by atoms with van der Waals surface area (Å²) in [6.07, 6.45) is 3.91. The molecule has 3 rings (SSSR count). The lowest BCUT2D eigenvalue weighted by atomic mass is 9.70. The SMILES string of the molecule is COc1cc(C=C2C(=O)C3(C)CCC2C3(C)C)c(O)c(C(C)(C)C)c1. The van der Waals surface area contributed by atoms with Gasteiger partial charge in [-0.05, 0) is 47.8 Å². The third kappa shape index (κ3) is 2.43. The molecule has 0 aliphatic heterocycles. The molecule has 2 fully saturated rings. The first kappa shape index (κ1) is 18.0. The summed E-state index contributed by atoms with van der Waals surface area (Å²) in [4.78, 5) is 13.1. The number of allylic oxidation sites excluding steroid dienone is 1. The molecular formula is C22H30O3. The molecule has 3 nitrogen and oxygen atoms in total. The number of ether oxygens (including phenoxy) is 1. The first-order chi connectivity index (χ1) is 11.4. The fraction of sp³-hybridized carbons (Fsp3) is 0.591. The highest BCUT2D eigenvalue weighted by atomic mass is 16.5. The van der Waals surface area contributed by atoms with Gasteiger partial charge in [-0.2, -0.15) is 0 Å². The molecule has 25 heavy (non-hydrogen) atoms. The highest BCUT2D eigenvalue weighted by Gasteiger charge is 2.63. The van der Waals surface area contributed by atoms with E-state index in [9.17, 15) is 9.90 Å². The van der Waals surface area contributed by atoms with Gasteiger partial charge in [0.1, 0.15) is 11.5 Å². The van der Waals surface area contributed by atoms with E-state index in [1.54, 1.807) is 7.11 Å². The van der Waals surface area contributed by atoms with Gasteiger partial charge in [0.25, 0.3) is 0 Å². The van der Waals surface area contributed by atoms with Crippen LogP contribution in [0.5, 0.6) is 11.5 Å². The van der Waals surface area contributed by atoms with Gasteiger partial charge in [-0.25, -0.2) is 0 Å². The molecule has 0 amide bonds. The largest absolute Gasteiger partial charge is 0.507 e. The molecule has 1 aromatic carbocycles. The highest BCUT2D eigenvalue weighted by molar-refractivity contribution is 6.08. The average molecular weight is 342 g/mol. The van der Waals surface area contributed by atoms with E-state index in [2.05, 4.69) is 41.5 Å². The van der Waals surface area contributed by atoms with E-state index in [0.29, 0.717) is 11.3 Å². The number of rotatable bonds is 2. The molecule has 0 radical (unpaired) electrons.